The van der Waals surface area contributed by atoms with Gasteiger partial charge in [-0.1, -0.05) is 41.9 Å². The summed E-state index contributed by atoms with van der Waals surface area (Å²) < 4.78 is 6.50. The van der Waals surface area contributed by atoms with Crippen LogP contribution in [-0.2, 0) is 4.79 Å². The van der Waals surface area contributed by atoms with Crippen molar-refractivity contribution < 1.29 is 9.53 Å². The van der Waals surface area contributed by atoms with E-state index in [4.69, 9.17) is 16.3 Å². The van der Waals surface area contributed by atoms with Crippen LogP contribution in [0.5, 0.6) is 5.75 Å². The normalized spacial score (nSPS) is 11.2. The van der Waals surface area contributed by atoms with Gasteiger partial charge in [0, 0.05) is 15.0 Å². The van der Waals surface area contributed by atoms with Crippen molar-refractivity contribution in [2.45, 2.75) is 6.92 Å². The second kappa shape index (κ2) is 8.05. The Balaban J connectivity index is 1.91. The van der Waals surface area contributed by atoms with Gasteiger partial charge in [0.05, 0.1) is 17.3 Å². The molecule has 2 aromatic carbocycles. The number of halogens is 1. The summed E-state index contributed by atoms with van der Waals surface area (Å²) in [6, 6.07) is 16.7. The van der Waals surface area contributed by atoms with E-state index < -0.39 is 5.91 Å². The molecule has 0 saturated carbocycles. The molecule has 0 radical (unpaired) electrons. The minimum atomic E-state index is -0.506. The standard InChI is InChI=1S/C20H15ClN2O2S/c1-2-25-16-9-5-4-8-15(16)23-20(24)13(12-22)11-18-19(21)14-7-3-6-10-17(14)26-18/h3-11H,2H2,1H3,(H,23,24)/b13-11+. The van der Waals surface area contributed by atoms with Gasteiger partial charge in [0.15, 0.2) is 0 Å². The van der Waals surface area contributed by atoms with Gasteiger partial charge >= 0.3 is 0 Å². The number of thiophene rings is 1. The van der Waals surface area contributed by atoms with Crippen LogP contribution in [0.4, 0.5) is 5.69 Å². The third kappa shape index (κ3) is 3.72. The van der Waals surface area contributed by atoms with Crippen LogP contribution in [0.1, 0.15) is 11.8 Å². The van der Waals surface area contributed by atoms with Crippen molar-refractivity contribution >= 4 is 50.7 Å². The molecule has 0 fully saturated rings. The number of para-hydroxylation sites is 2. The number of fused-ring (bicyclic) bond motifs is 1. The number of anilines is 1. The number of hydrogen-bond donors (Lipinski definition) is 1. The smallest absolute Gasteiger partial charge is 0.266 e. The summed E-state index contributed by atoms with van der Waals surface area (Å²) in [5.74, 6) is 0.0497. The van der Waals surface area contributed by atoms with Crippen LogP contribution in [0.25, 0.3) is 16.2 Å². The SMILES string of the molecule is CCOc1ccccc1NC(=O)/C(C#N)=C/c1sc2ccccc2c1Cl. The Morgan fingerprint density at radius 1 is 1.27 bits per heavy atom. The lowest BCUT2D eigenvalue weighted by Crippen LogP contribution is -2.14. The molecular formula is C20H15ClN2O2S. The van der Waals surface area contributed by atoms with Crippen molar-refractivity contribution in [2.24, 2.45) is 0 Å². The van der Waals surface area contributed by atoms with E-state index in [-0.39, 0.29) is 5.57 Å². The molecule has 130 valence electrons. The molecular weight excluding hydrogens is 368 g/mol. The Morgan fingerprint density at radius 3 is 2.73 bits per heavy atom. The molecule has 26 heavy (non-hydrogen) atoms. The molecule has 0 atom stereocenters. The molecule has 6 heteroatoms. The molecule has 0 spiro atoms. The number of nitrogens with zero attached hydrogens (tertiary/aromatic N) is 1. The second-order valence-electron chi connectivity index (χ2n) is 5.33. The first kappa shape index (κ1) is 18.0. The number of carbonyl (C=O) groups excluding carboxylic acids is 1. The highest BCUT2D eigenvalue weighted by atomic mass is 35.5. The summed E-state index contributed by atoms with van der Waals surface area (Å²) >= 11 is 7.83. The van der Waals surface area contributed by atoms with E-state index in [1.54, 1.807) is 18.2 Å². The number of ether oxygens (including phenoxy) is 1. The van der Waals surface area contributed by atoms with Gasteiger partial charge in [-0.15, -0.1) is 11.3 Å². The maximum atomic E-state index is 12.5. The minimum Gasteiger partial charge on any atom is -0.492 e. The third-order valence-electron chi connectivity index (χ3n) is 3.64. The number of benzene rings is 2. The van der Waals surface area contributed by atoms with Crippen molar-refractivity contribution in [1.29, 1.82) is 5.26 Å². The highest BCUT2D eigenvalue weighted by Crippen LogP contribution is 2.36. The van der Waals surface area contributed by atoms with Crippen LogP contribution in [0.3, 0.4) is 0 Å². The van der Waals surface area contributed by atoms with E-state index in [1.807, 2.05) is 43.3 Å². The maximum Gasteiger partial charge on any atom is 0.266 e. The van der Waals surface area contributed by atoms with Crippen molar-refractivity contribution in [3.63, 3.8) is 0 Å². The van der Waals surface area contributed by atoms with Crippen molar-refractivity contribution in [1.82, 2.24) is 0 Å². The lowest BCUT2D eigenvalue weighted by molar-refractivity contribution is -0.112. The van der Waals surface area contributed by atoms with E-state index in [2.05, 4.69) is 5.32 Å². The zero-order valence-corrected chi connectivity index (χ0v) is 15.5. The average molecular weight is 383 g/mol. The van der Waals surface area contributed by atoms with Gasteiger partial charge in [0.1, 0.15) is 17.4 Å². The largest absolute Gasteiger partial charge is 0.492 e. The molecule has 4 nitrogen and oxygen atoms in total. The maximum absolute atomic E-state index is 12.5. The lowest BCUT2D eigenvalue weighted by atomic mass is 10.2. The Bertz CT molecular complexity index is 1030. The molecule has 0 saturated heterocycles. The predicted molar refractivity (Wildman–Crippen MR) is 107 cm³/mol. The van der Waals surface area contributed by atoms with Crippen LogP contribution >= 0.6 is 22.9 Å². The molecule has 0 bridgehead atoms. The summed E-state index contributed by atoms with van der Waals surface area (Å²) in [5, 5.41) is 13.6. The summed E-state index contributed by atoms with van der Waals surface area (Å²) in [6.45, 7) is 2.34. The third-order valence-corrected chi connectivity index (χ3v) is 5.27. The first-order chi connectivity index (χ1) is 12.6. The number of hydrogen-bond acceptors (Lipinski definition) is 4. The first-order valence-corrected chi connectivity index (χ1v) is 9.15. The van der Waals surface area contributed by atoms with E-state index in [0.29, 0.717) is 27.9 Å². The molecule has 1 aromatic heterocycles. The number of carbonyl (C=O) groups is 1. The van der Waals surface area contributed by atoms with Crippen molar-refractivity contribution in [2.75, 3.05) is 11.9 Å². The molecule has 0 aliphatic carbocycles. The molecule has 0 unspecified atom stereocenters. The number of nitrogens with one attached hydrogen (secondary N) is 1. The summed E-state index contributed by atoms with van der Waals surface area (Å²) in [7, 11) is 0. The van der Waals surface area contributed by atoms with Crippen molar-refractivity contribution in [3.8, 4) is 11.8 Å². The zero-order chi connectivity index (χ0) is 18.5. The molecule has 3 aromatic rings. The van der Waals surface area contributed by atoms with Crippen molar-refractivity contribution in [3.05, 3.63) is 64.0 Å². The Labute approximate surface area is 160 Å². The second-order valence-corrected chi connectivity index (χ2v) is 6.79. The summed E-state index contributed by atoms with van der Waals surface area (Å²) in [4.78, 5) is 13.2. The molecule has 1 amide bonds. The van der Waals surface area contributed by atoms with Gasteiger partial charge in [-0.3, -0.25) is 4.79 Å². The fourth-order valence-electron chi connectivity index (χ4n) is 2.45. The first-order valence-electron chi connectivity index (χ1n) is 7.96. The fourth-order valence-corrected chi connectivity index (χ4v) is 3.88. The van der Waals surface area contributed by atoms with Gasteiger partial charge in [-0.25, -0.2) is 0 Å². The van der Waals surface area contributed by atoms with E-state index >= 15 is 0 Å². The van der Waals surface area contributed by atoms with Gasteiger partial charge in [0.25, 0.3) is 5.91 Å². The van der Waals surface area contributed by atoms with E-state index in [9.17, 15) is 10.1 Å². The molecule has 3 rings (SSSR count). The van der Waals surface area contributed by atoms with E-state index in [0.717, 1.165) is 10.1 Å². The quantitative estimate of drug-likeness (QED) is 0.468. The highest BCUT2D eigenvalue weighted by molar-refractivity contribution is 7.20. The number of nitriles is 1. The fraction of sp³-hybridized carbons (Fsp3) is 0.100. The predicted octanol–water partition coefficient (Wildman–Crippen LogP) is 5.50. The van der Waals surface area contributed by atoms with Crippen LogP contribution in [0, 0.1) is 11.3 Å². The van der Waals surface area contributed by atoms with Gasteiger partial charge in [-0.05, 0) is 31.2 Å². The van der Waals surface area contributed by atoms with Gasteiger partial charge in [0.2, 0.25) is 0 Å². The molecule has 1 N–H and O–H groups in total. The lowest BCUT2D eigenvalue weighted by Gasteiger charge is -2.10. The molecule has 1 heterocycles. The molecule has 0 aliphatic rings. The highest BCUT2D eigenvalue weighted by Gasteiger charge is 2.15. The Morgan fingerprint density at radius 2 is 2.00 bits per heavy atom. The molecule has 0 aliphatic heterocycles. The summed E-state index contributed by atoms with van der Waals surface area (Å²) in [6.07, 6.45) is 1.52. The van der Waals surface area contributed by atoms with Crippen LogP contribution < -0.4 is 10.1 Å². The average Bonchev–Trinajstić information content (AvgIpc) is 2.97. The Hall–Kier alpha value is -2.81. The van der Waals surface area contributed by atoms with E-state index in [1.165, 1.54) is 17.4 Å². The number of rotatable bonds is 5. The monoisotopic (exact) mass is 382 g/mol. The van der Waals surface area contributed by atoms with Crippen LogP contribution in [0.2, 0.25) is 5.02 Å². The summed E-state index contributed by atoms with van der Waals surface area (Å²) in [5.41, 5.74) is 0.493. The topological polar surface area (TPSA) is 62.1 Å². The van der Waals surface area contributed by atoms with Crippen LogP contribution in [-0.4, -0.2) is 12.5 Å². The zero-order valence-electron chi connectivity index (χ0n) is 14.0. The minimum absolute atomic E-state index is 0.0234. The van der Waals surface area contributed by atoms with Gasteiger partial charge in [-0.2, -0.15) is 5.26 Å². The van der Waals surface area contributed by atoms with Gasteiger partial charge < -0.3 is 10.1 Å². The van der Waals surface area contributed by atoms with Crippen LogP contribution in [0.15, 0.2) is 54.1 Å². The number of amides is 1. The Kier molecular flexibility index (Phi) is 5.57.